The number of carbonyl (C=O) groups is 2. The molecule has 0 aliphatic rings. The Hall–Kier alpha value is -1.82. The Balaban J connectivity index is 2.61. The van der Waals surface area contributed by atoms with Crippen molar-refractivity contribution in [2.24, 2.45) is 0 Å². The maximum Gasteiger partial charge on any atom is 0.372 e. The van der Waals surface area contributed by atoms with Crippen LogP contribution in [0, 0.1) is 6.92 Å². The summed E-state index contributed by atoms with van der Waals surface area (Å²) in [6.07, 6.45) is 0. The van der Waals surface area contributed by atoms with Crippen LogP contribution in [0.25, 0.3) is 0 Å². The molecule has 1 aromatic rings. The number of carboxylic acid groups (broad SMARTS) is 1. The summed E-state index contributed by atoms with van der Waals surface area (Å²) < 4.78 is 9.67. The van der Waals surface area contributed by atoms with Gasteiger partial charge in [-0.1, -0.05) is 0 Å². The van der Waals surface area contributed by atoms with Crippen LogP contribution in [0.15, 0.2) is 10.5 Å². The fourth-order valence-corrected chi connectivity index (χ4v) is 1.36. The minimum atomic E-state index is -1.10. The molecule has 1 unspecified atom stereocenters. The molecule has 6 nitrogen and oxygen atoms in total. The molecule has 1 aromatic heterocycles. The van der Waals surface area contributed by atoms with Gasteiger partial charge in [-0.25, -0.2) is 4.79 Å². The summed E-state index contributed by atoms with van der Waals surface area (Å²) in [5, 5.41) is 11.7. The van der Waals surface area contributed by atoms with Gasteiger partial charge in [0, 0.05) is 5.56 Å². The zero-order chi connectivity index (χ0) is 13.0. The largest absolute Gasteiger partial charge is 0.475 e. The summed E-state index contributed by atoms with van der Waals surface area (Å²) in [6.45, 7) is 3.57. The lowest BCUT2D eigenvalue weighted by molar-refractivity contribution is -0.142. The Morgan fingerprint density at radius 3 is 2.71 bits per heavy atom. The highest BCUT2D eigenvalue weighted by molar-refractivity contribution is 5.86. The van der Waals surface area contributed by atoms with Crippen molar-refractivity contribution in [3.8, 4) is 0 Å². The smallest absolute Gasteiger partial charge is 0.372 e. The molecular weight excluding hydrogens is 226 g/mol. The second kappa shape index (κ2) is 5.49. The van der Waals surface area contributed by atoms with Crippen LogP contribution in [0.1, 0.15) is 28.8 Å². The Kier molecular flexibility index (Phi) is 4.28. The van der Waals surface area contributed by atoms with Gasteiger partial charge in [-0.05, 0) is 19.9 Å². The quantitative estimate of drug-likeness (QED) is 0.746. The number of hydrogen-bond acceptors (Lipinski definition) is 5. The molecule has 0 aromatic carbocycles. The Morgan fingerprint density at radius 2 is 2.24 bits per heavy atom. The van der Waals surface area contributed by atoms with E-state index in [1.165, 1.54) is 7.11 Å². The second-order valence-corrected chi connectivity index (χ2v) is 3.66. The molecule has 1 atom stereocenters. The summed E-state index contributed by atoms with van der Waals surface area (Å²) in [7, 11) is 1.31. The van der Waals surface area contributed by atoms with E-state index in [-0.39, 0.29) is 18.3 Å². The van der Waals surface area contributed by atoms with Crippen molar-refractivity contribution in [1.82, 2.24) is 5.32 Å². The van der Waals surface area contributed by atoms with Gasteiger partial charge in [0.25, 0.3) is 0 Å². The predicted octanol–water partition coefficient (Wildman–Crippen LogP) is 0.937. The van der Waals surface area contributed by atoms with Crippen LogP contribution in [0.2, 0.25) is 0 Å². The van der Waals surface area contributed by atoms with Crippen molar-refractivity contribution in [3.05, 3.63) is 23.2 Å². The van der Waals surface area contributed by atoms with Gasteiger partial charge in [0.15, 0.2) is 0 Å². The fourth-order valence-electron chi connectivity index (χ4n) is 1.36. The van der Waals surface area contributed by atoms with Crippen molar-refractivity contribution in [3.63, 3.8) is 0 Å². The van der Waals surface area contributed by atoms with Gasteiger partial charge in [0.05, 0.1) is 13.7 Å². The number of esters is 1. The van der Waals surface area contributed by atoms with E-state index in [1.807, 2.05) is 0 Å². The molecule has 0 aliphatic heterocycles. The summed E-state index contributed by atoms with van der Waals surface area (Å²) >= 11 is 0. The molecule has 94 valence electrons. The van der Waals surface area contributed by atoms with Gasteiger partial charge in [0.1, 0.15) is 11.8 Å². The highest BCUT2D eigenvalue weighted by atomic mass is 16.5. The van der Waals surface area contributed by atoms with Crippen molar-refractivity contribution < 1.29 is 23.8 Å². The van der Waals surface area contributed by atoms with E-state index >= 15 is 0 Å². The van der Waals surface area contributed by atoms with Crippen molar-refractivity contribution in [1.29, 1.82) is 0 Å². The van der Waals surface area contributed by atoms with Gasteiger partial charge in [0.2, 0.25) is 5.76 Å². The molecule has 0 bridgehead atoms. The lowest BCUT2D eigenvalue weighted by Gasteiger charge is -2.09. The van der Waals surface area contributed by atoms with Crippen LogP contribution in [-0.2, 0) is 16.1 Å². The second-order valence-electron chi connectivity index (χ2n) is 3.66. The third-order valence-electron chi connectivity index (χ3n) is 2.30. The number of furan rings is 1. The Morgan fingerprint density at radius 1 is 1.59 bits per heavy atom. The van der Waals surface area contributed by atoms with Gasteiger partial charge in [-0.2, -0.15) is 0 Å². The Labute approximate surface area is 98.6 Å². The maximum absolute atomic E-state index is 11.1. The molecule has 1 rings (SSSR count). The molecule has 0 saturated carbocycles. The highest BCUT2D eigenvalue weighted by Gasteiger charge is 2.16. The van der Waals surface area contributed by atoms with Crippen molar-refractivity contribution in [2.45, 2.75) is 26.4 Å². The van der Waals surface area contributed by atoms with E-state index in [0.717, 1.165) is 0 Å². The molecule has 0 aliphatic carbocycles. The van der Waals surface area contributed by atoms with E-state index in [0.29, 0.717) is 11.3 Å². The Bertz CT molecular complexity index is 423. The number of hydrogen-bond donors (Lipinski definition) is 2. The topological polar surface area (TPSA) is 88.8 Å². The molecular formula is C11H15NO5. The van der Waals surface area contributed by atoms with Crippen LogP contribution < -0.4 is 5.32 Å². The third-order valence-corrected chi connectivity index (χ3v) is 2.30. The maximum atomic E-state index is 11.1. The standard InChI is InChI=1S/C11H15NO5/c1-6-4-8(17-9(6)10(13)14)5-12-7(2)11(15)16-3/h4,7,12H,5H2,1-3H3,(H,13,14). The number of nitrogens with one attached hydrogen (secondary N) is 1. The minimum Gasteiger partial charge on any atom is -0.475 e. The number of aryl methyl sites for hydroxylation is 1. The average Bonchev–Trinajstić information content (AvgIpc) is 2.66. The van der Waals surface area contributed by atoms with E-state index in [1.54, 1.807) is 19.9 Å². The van der Waals surface area contributed by atoms with E-state index in [4.69, 9.17) is 9.52 Å². The van der Waals surface area contributed by atoms with Gasteiger partial charge in [-0.15, -0.1) is 0 Å². The van der Waals surface area contributed by atoms with E-state index < -0.39 is 12.0 Å². The van der Waals surface area contributed by atoms with Crippen LogP contribution in [0.5, 0.6) is 0 Å². The number of carboxylic acids is 1. The average molecular weight is 241 g/mol. The first-order chi connectivity index (χ1) is 7.95. The van der Waals surface area contributed by atoms with Crippen LogP contribution in [0.3, 0.4) is 0 Å². The normalized spacial score (nSPS) is 12.2. The lowest BCUT2D eigenvalue weighted by atomic mass is 10.2. The number of ether oxygens (including phenoxy) is 1. The van der Waals surface area contributed by atoms with E-state index in [2.05, 4.69) is 10.1 Å². The van der Waals surface area contributed by atoms with Crippen molar-refractivity contribution in [2.75, 3.05) is 7.11 Å². The van der Waals surface area contributed by atoms with Crippen LogP contribution in [0.4, 0.5) is 0 Å². The molecule has 0 spiro atoms. The molecule has 0 saturated heterocycles. The molecule has 0 amide bonds. The molecule has 6 heteroatoms. The first kappa shape index (κ1) is 13.2. The molecule has 1 heterocycles. The van der Waals surface area contributed by atoms with Gasteiger partial charge < -0.3 is 14.3 Å². The fraction of sp³-hybridized carbons (Fsp3) is 0.455. The van der Waals surface area contributed by atoms with E-state index in [9.17, 15) is 9.59 Å². The van der Waals surface area contributed by atoms with Gasteiger partial charge in [-0.3, -0.25) is 10.1 Å². The number of methoxy groups -OCH3 is 1. The zero-order valence-electron chi connectivity index (χ0n) is 9.94. The number of rotatable bonds is 5. The van der Waals surface area contributed by atoms with Crippen molar-refractivity contribution >= 4 is 11.9 Å². The number of aromatic carboxylic acids is 1. The summed E-state index contributed by atoms with van der Waals surface area (Å²) in [5.74, 6) is -1.09. The first-order valence-electron chi connectivity index (χ1n) is 5.09. The predicted molar refractivity (Wildman–Crippen MR) is 58.7 cm³/mol. The molecule has 0 fully saturated rings. The van der Waals surface area contributed by atoms with Crippen LogP contribution in [-0.4, -0.2) is 30.2 Å². The summed E-state index contributed by atoms with van der Waals surface area (Å²) in [6, 6.07) is 1.15. The number of carbonyl (C=O) groups excluding carboxylic acids is 1. The third kappa shape index (κ3) is 3.32. The minimum absolute atomic E-state index is 0.0764. The molecule has 0 radical (unpaired) electrons. The van der Waals surface area contributed by atoms with Gasteiger partial charge >= 0.3 is 11.9 Å². The zero-order valence-corrected chi connectivity index (χ0v) is 9.94. The summed E-state index contributed by atoms with van der Waals surface area (Å²) in [4.78, 5) is 21.8. The SMILES string of the molecule is COC(=O)C(C)NCc1cc(C)c(C(=O)O)o1. The molecule has 17 heavy (non-hydrogen) atoms. The highest BCUT2D eigenvalue weighted by Crippen LogP contribution is 2.14. The summed E-state index contributed by atoms with van der Waals surface area (Å²) in [5.41, 5.74) is 0.556. The lowest BCUT2D eigenvalue weighted by Crippen LogP contribution is -2.34. The first-order valence-corrected chi connectivity index (χ1v) is 5.09. The molecule has 2 N–H and O–H groups in total. The van der Waals surface area contributed by atoms with Crippen LogP contribution >= 0.6 is 0 Å². The monoisotopic (exact) mass is 241 g/mol.